The number of amides is 1. The van der Waals surface area contributed by atoms with Gasteiger partial charge in [0.05, 0.1) is 17.0 Å². The first-order valence-corrected chi connectivity index (χ1v) is 9.91. The number of benzene rings is 1. The van der Waals surface area contributed by atoms with E-state index in [1.807, 2.05) is 4.90 Å². The smallest absolute Gasteiger partial charge is 0.340 e. The molecule has 2 heterocycles. The summed E-state index contributed by atoms with van der Waals surface area (Å²) in [5.41, 5.74) is 0.624. The summed E-state index contributed by atoms with van der Waals surface area (Å²) >= 11 is 0. The van der Waals surface area contributed by atoms with Gasteiger partial charge < -0.3 is 4.90 Å². The minimum atomic E-state index is -4.37. The molecular formula is C20H24F3N5O3. The lowest BCUT2D eigenvalue weighted by molar-refractivity contribution is -0.386. The number of hydrogen-bond acceptors (Lipinski definition) is 5. The van der Waals surface area contributed by atoms with Gasteiger partial charge in [-0.2, -0.15) is 18.3 Å². The van der Waals surface area contributed by atoms with E-state index >= 15 is 0 Å². The predicted molar refractivity (Wildman–Crippen MR) is 106 cm³/mol. The van der Waals surface area contributed by atoms with Crippen LogP contribution in [0.25, 0.3) is 0 Å². The first kappa shape index (κ1) is 22.7. The Morgan fingerprint density at radius 1 is 1.19 bits per heavy atom. The van der Waals surface area contributed by atoms with Gasteiger partial charge >= 0.3 is 11.9 Å². The van der Waals surface area contributed by atoms with Crippen molar-refractivity contribution < 1.29 is 22.9 Å². The van der Waals surface area contributed by atoms with Crippen LogP contribution in [-0.2, 0) is 24.1 Å². The molecule has 11 heteroatoms. The van der Waals surface area contributed by atoms with Gasteiger partial charge in [0.2, 0.25) is 5.91 Å². The Bertz CT molecular complexity index is 965. The summed E-state index contributed by atoms with van der Waals surface area (Å²) in [6.45, 7) is 5.90. The van der Waals surface area contributed by atoms with Gasteiger partial charge in [-0.1, -0.05) is 18.2 Å². The summed E-state index contributed by atoms with van der Waals surface area (Å²) in [6.07, 6.45) is -4.19. The number of hydrogen-bond donors (Lipinski definition) is 0. The van der Waals surface area contributed by atoms with E-state index in [0.717, 1.165) is 12.1 Å². The van der Waals surface area contributed by atoms with Crippen LogP contribution in [0.4, 0.5) is 18.9 Å². The summed E-state index contributed by atoms with van der Waals surface area (Å²) < 4.78 is 40.1. The van der Waals surface area contributed by atoms with Gasteiger partial charge in [0.25, 0.3) is 0 Å². The zero-order chi connectivity index (χ0) is 22.8. The van der Waals surface area contributed by atoms with Gasteiger partial charge in [-0.05, 0) is 25.5 Å². The van der Waals surface area contributed by atoms with Gasteiger partial charge in [0, 0.05) is 39.1 Å². The van der Waals surface area contributed by atoms with Crippen LogP contribution < -0.4 is 0 Å². The zero-order valence-electron chi connectivity index (χ0n) is 17.4. The maximum absolute atomic E-state index is 12.9. The summed E-state index contributed by atoms with van der Waals surface area (Å²) in [6, 6.07) is 5.28. The Kier molecular flexibility index (Phi) is 6.63. The first-order chi connectivity index (χ1) is 14.6. The highest BCUT2D eigenvalue weighted by Crippen LogP contribution is 2.30. The molecule has 31 heavy (non-hydrogen) atoms. The standard InChI is InChI=1S/C20H24F3N5O3/c1-14-19(28(30)31)15(2)27(24-14)7-6-18(29)26-10-8-25(9-11-26)13-16-4-3-5-17(12-16)20(21,22)23/h3-5,12H,6-11,13H2,1-2H3. The lowest BCUT2D eigenvalue weighted by Crippen LogP contribution is -2.48. The Morgan fingerprint density at radius 2 is 1.87 bits per heavy atom. The highest BCUT2D eigenvalue weighted by atomic mass is 19.4. The molecule has 2 aromatic rings. The van der Waals surface area contributed by atoms with Crippen LogP contribution in [-0.4, -0.2) is 56.6 Å². The second kappa shape index (κ2) is 9.04. The topological polar surface area (TPSA) is 84.5 Å². The van der Waals surface area contributed by atoms with E-state index in [0.29, 0.717) is 49.7 Å². The van der Waals surface area contributed by atoms with E-state index in [-0.39, 0.29) is 24.6 Å². The number of aryl methyl sites for hydroxylation is 2. The lowest BCUT2D eigenvalue weighted by Gasteiger charge is -2.35. The van der Waals surface area contributed by atoms with E-state index in [2.05, 4.69) is 5.10 Å². The van der Waals surface area contributed by atoms with Gasteiger partial charge in [0.1, 0.15) is 11.4 Å². The lowest BCUT2D eigenvalue weighted by atomic mass is 10.1. The van der Waals surface area contributed by atoms with E-state index in [4.69, 9.17) is 0 Å². The van der Waals surface area contributed by atoms with Crippen LogP contribution in [0.15, 0.2) is 24.3 Å². The number of nitrogens with zero attached hydrogens (tertiary/aromatic N) is 5. The number of rotatable bonds is 6. The van der Waals surface area contributed by atoms with Gasteiger partial charge in [-0.3, -0.25) is 24.5 Å². The first-order valence-electron chi connectivity index (χ1n) is 9.91. The largest absolute Gasteiger partial charge is 0.416 e. The number of halogens is 3. The van der Waals surface area contributed by atoms with Crippen molar-refractivity contribution in [1.29, 1.82) is 0 Å². The van der Waals surface area contributed by atoms with E-state index < -0.39 is 16.7 Å². The van der Waals surface area contributed by atoms with Crippen LogP contribution in [0.1, 0.15) is 28.9 Å². The third kappa shape index (κ3) is 5.40. The van der Waals surface area contributed by atoms with Crippen molar-refractivity contribution in [2.75, 3.05) is 26.2 Å². The van der Waals surface area contributed by atoms with Crippen LogP contribution in [0.2, 0.25) is 0 Å². The molecular weight excluding hydrogens is 415 g/mol. The van der Waals surface area contributed by atoms with Gasteiger partial charge in [-0.25, -0.2) is 0 Å². The molecule has 0 radical (unpaired) electrons. The van der Waals surface area contributed by atoms with E-state index in [1.54, 1.807) is 24.8 Å². The number of nitro groups is 1. The minimum Gasteiger partial charge on any atom is -0.340 e. The molecule has 0 unspecified atom stereocenters. The minimum absolute atomic E-state index is 0.0318. The molecule has 0 saturated carbocycles. The molecule has 1 aromatic heterocycles. The number of alkyl halides is 3. The summed E-state index contributed by atoms with van der Waals surface area (Å²) in [5, 5.41) is 15.2. The van der Waals surface area contributed by atoms with Crippen molar-refractivity contribution in [2.45, 2.75) is 39.5 Å². The molecule has 1 aromatic carbocycles. The predicted octanol–water partition coefficient (Wildman–Crippen LogP) is 3.16. The number of aromatic nitrogens is 2. The average Bonchev–Trinajstić information content (AvgIpc) is 2.99. The Balaban J connectivity index is 1.50. The highest BCUT2D eigenvalue weighted by molar-refractivity contribution is 5.76. The SMILES string of the molecule is Cc1nn(CCC(=O)N2CCN(Cc3cccc(C(F)(F)F)c3)CC2)c(C)c1[N+](=O)[O-]. The number of carbonyl (C=O) groups is 1. The van der Waals surface area contributed by atoms with Gasteiger partial charge in [-0.15, -0.1) is 0 Å². The van der Waals surface area contributed by atoms with Crippen molar-refractivity contribution in [1.82, 2.24) is 19.6 Å². The Morgan fingerprint density at radius 3 is 2.45 bits per heavy atom. The number of piperazine rings is 1. The molecule has 1 fully saturated rings. The molecule has 168 valence electrons. The number of carbonyl (C=O) groups excluding carboxylic acids is 1. The maximum atomic E-state index is 12.9. The quantitative estimate of drug-likeness (QED) is 0.510. The molecule has 1 aliphatic rings. The second-order valence-corrected chi connectivity index (χ2v) is 7.60. The third-order valence-corrected chi connectivity index (χ3v) is 5.45. The van der Waals surface area contributed by atoms with Crippen LogP contribution in [0.3, 0.4) is 0 Å². The molecule has 0 spiro atoms. The molecule has 1 aliphatic heterocycles. The maximum Gasteiger partial charge on any atom is 0.416 e. The molecule has 8 nitrogen and oxygen atoms in total. The van der Waals surface area contributed by atoms with E-state index in [9.17, 15) is 28.1 Å². The van der Waals surface area contributed by atoms with Crippen molar-refractivity contribution in [2.24, 2.45) is 0 Å². The van der Waals surface area contributed by atoms with Crippen LogP contribution in [0.5, 0.6) is 0 Å². The molecule has 0 bridgehead atoms. The second-order valence-electron chi connectivity index (χ2n) is 7.60. The summed E-state index contributed by atoms with van der Waals surface area (Å²) in [5.74, 6) is -0.0751. The van der Waals surface area contributed by atoms with Crippen LogP contribution in [0, 0.1) is 24.0 Å². The highest BCUT2D eigenvalue weighted by Gasteiger charge is 2.30. The average molecular weight is 439 g/mol. The normalized spacial score (nSPS) is 15.3. The van der Waals surface area contributed by atoms with Gasteiger partial charge in [0.15, 0.2) is 0 Å². The van der Waals surface area contributed by atoms with Crippen molar-refractivity contribution >= 4 is 11.6 Å². The van der Waals surface area contributed by atoms with Crippen molar-refractivity contribution in [3.63, 3.8) is 0 Å². The fraction of sp³-hybridized carbons (Fsp3) is 0.500. The molecule has 0 aliphatic carbocycles. The Hall–Kier alpha value is -2.95. The zero-order valence-corrected chi connectivity index (χ0v) is 17.4. The summed E-state index contributed by atoms with van der Waals surface area (Å²) in [4.78, 5) is 26.9. The third-order valence-electron chi connectivity index (χ3n) is 5.45. The van der Waals surface area contributed by atoms with Crippen LogP contribution >= 0.6 is 0 Å². The molecule has 3 rings (SSSR count). The van der Waals surface area contributed by atoms with Crippen molar-refractivity contribution in [3.8, 4) is 0 Å². The van der Waals surface area contributed by atoms with Crippen molar-refractivity contribution in [3.05, 3.63) is 56.9 Å². The molecule has 1 saturated heterocycles. The summed E-state index contributed by atoms with van der Waals surface area (Å²) in [7, 11) is 0. The molecule has 0 atom stereocenters. The Labute approximate surface area is 177 Å². The van der Waals surface area contributed by atoms with E-state index in [1.165, 1.54) is 10.7 Å². The monoisotopic (exact) mass is 439 g/mol. The fourth-order valence-corrected chi connectivity index (χ4v) is 3.79. The fourth-order valence-electron chi connectivity index (χ4n) is 3.79. The molecule has 1 amide bonds. The molecule has 0 N–H and O–H groups in total.